The lowest BCUT2D eigenvalue weighted by molar-refractivity contribution is 0.170. The van der Waals surface area contributed by atoms with Crippen molar-refractivity contribution in [1.29, 1.82) is 0 Å². The van der Waals surface area contributed by atoms with Crippen molar-refractivity contribution in [3.63, 3.8) is 0 Å². The molecule has 0 spiro atoms. The third-order valence-corrected chi connectivity index (χ3v) is 3.40. The molecule has 0 radical (unpaired) electrons. The summed E-state index contributed by atoms with van der Waals surface area (Å²) in [6, 6.07) is 6.07. The van der Waals surface area contributed by atoms with Crippen LogP contribution in [0.15, 0.2) is 18.2 Å². The molecule has 3 nitrogen and oxygen atoms in total. The van der Waals surface area contributed by atoms with Crippen molar-refractivity contribution in [2.75, 3.05) is 27.4 Å². The first-order valence-corrected chi connectivity index (χ1v) is 6.81. The smallest absolute Gasteiger partial charge is 0.161 e. The van der Waals surface area contributed by atoms with E-state index < -0.39 is 0 Å². The van der Waals surface area contributed by atoms with Gasteiger partial charge in [-0.25, -0.2) is 0 Å². The third-order valence-electron chi connectivity index (χ3n) is 3.40. The molecule has 0 heterocycles. The fourth-order valence-electron chi connectivity index (χ4n) is 1.58. The molecule has 0 unspecified atom stereocenters. The molecule has 0 aliphatic heterocycles. The number of ether oxygens (including phenoxy) is 3. The van der Waals surface area contributed by atoms with Crippen LogP contribution in [0.3, 0.4) is 0 Å². The van der Waals surface area contributed by atoms with E-state index in [2.05, 4.69) is 26.8 Å². The second-order valence-electron chi connectivity index (χ2n) is 5.53. The number of rotatable bonds is 8. The molecule has 108 valence electrons. The first-order valence-electron chi connectivity index (χ1n) is 6.81. The average Bonchev–Trinajstić information content (AvgIpc) is 2.43. The van der Waals surface area contributed by atoms with E-state index in [-0.39, 0.29) is 5.41 Å². The molecule has 19 heavy (non-hydrogen) atoms. The second kappa shape index (κ2) is 7.39. The lowest BCUT2D eigenvalue weighted by atomic mass is 9.92. The van der Waals surface area contributed by atoms with Crippen molar-refractivity contribution < 1.29 is 14.2 Å². The lowest BCUT2D eigenvalue weighted by Gasteiger charge is -2.23. The van der Waals surface area contributed by atoms with E-state index in [0.717, 1.165) is 24.3 Å². The van der Waals surface area contributed by atoms with Crippen molar-refractivity contribution in [3.05, 3.63) is 23.8 Å². The number of hydrogen-bond donors (Lipinski definition) is 0. The molecule has 0 amide bonds. The van der Waals surface area contributed by atoms with Gasteiger partial charge in [-0.1, -0.05) is 26.8 Å². The molecule has 0 aromatic heterocycles. The molecule has 0 atom stereocenters. The topological polar surface area (TPSA) is 27.7 Å². The van der Waals surface area contributed by atoms with Crippen LogP contribution < -0.4 is 9.47 Å². The van der Waals surface area contributed by atoms with Crippen LogP contribution in [0.25, 0.3) is 0 Å². The van der Waals surface area contributed by atoms with Gasteiger partial charge in [-0.3, -0.25) is 0 Å². The third kappa shape index (κ3) is 5.11. The van der Waals surface area contributed by atoms with Crippen LogP contribution in [-0.4, -0.2) is 27.4 Å². The van der Waals surface area contributed by atoms with E-state index >= 15 is 0 Å². The molecule has 0 aliphatic carbocycles. The van der Waals surface area contributed by atoms with E-state index in [9.17, 15) is 0 Å². The number of methoxy groups -OCH3 is 2. The SMILES string of the molecule is CCC(C)(C)COc1ccc(CCOC)cc1OC. The monoisotopic (exact) mass is 266 g/mol. The van der Waals surface area contributed by atoms with E-state index in [1.165, 1.54) is 5.56 Å². The Morgan fingerprint density at radius 2 is 1.84 bits per heavy atom. The summed E-state index contributed by atoms with van der Waals surface area (Å²) in [5, 5.41) is 0. The van der Waals surface area contributed by atoms with Gasteiger partial charge in [-0.05, 0) is 36.0 Å². The van der Waals surface area contributed by atoms with Crippen LogP contribution in [0, 0.1) is 5.41 Å². The highest BCUT2D eigenvalue weighted by Crippen LogP contribution is 2.30. The largest absolute Gasteiger partial charge is 0.493 e. The van der Waals surface area contributed by atoms with Crippen LogP contribution in [0.4, 0.5) is 0 Å². The van der Waals surface area contributed by atoms with Gasteiger partial charge < -0.3 is 14.2 Å². The molecule has 1 aromatic rings. The van der Waals surface area contributed by atoms with Gasteiger partial charge >= 0.3 is 0 Å². The molecule has 0 fully saturated rings. The zero-order valence-corrected chi connectivity index (χ0v) is 12.8. The zero-order valence-electron chi connectivity index (χ0n) is 12.8. The van der Waals surface area contributed by atoms with Crippen LogP contribution in [0.5, 0.6) is 11.5 Å². The normalized spacial score (nSPS) is 11.4. The number of benzene rings is 1. The maximum absolute atomic E-state index is 5.89. The highest BCUT2D eigenvalue weighted by Gasteiger charge is 2.17. The molecular weight excluding hydrogens is 240 g/mol. The summed E-state index contributed by atoms with van der Waals surface area (Å²) in [5.74, 6) is 1.60. The number of hydrogen-bond acceptors (Lipinski definition) is 3. The van der Waals surface area contributed by atoms with Gasteiger partial charge in [0.25, 0.3) is 0 Å². The van der Waals surface area contributed by atoms with Gasteiger partial charge in [-0.15, -0.1) is 0 Å². The minimum absolute atomic E-state index is 0.180. The molecule has 0 saturated heterocycles. The summed E-state index contributed by atoms with van der Waals surface area (Å²) in [7, 11) is 3.38. The Morgan fingerprint density at radius 3 is 2.42 bits per heavy atom. The van der Waals surface area contributed by atoms with Crippen molar-refractivity contribution >= 4 is 0 Å². The van der Waals surface area contributed by atoms with E-state index in [4.69, 9.17) is 14.2 Å². The summed E-state index contributed by atoms with van der Waals surface area (Å²) < 4.78 is 16.4. The minimum Gasteiger partial charge on any atom is -0.493 e. The summed E-state index contributed by atoms with van der Waals surface area (Å²) in [6.45, 7) is 7.98. The Kier molecular flexibility index (Phi) is 6.16. The van der Waals surface area contributed by atoms with Gasteiger partial charge in [0, 0.05) is 7.11 Å². The standard InChI is InChI=1S/C16H26O3/c1-6-16(2,3)12-19-14-8-7-13(9-10-17-4)11-15(14)18-5/h7-8,11H,6,9-10,12H2,1-5H3. The first kappa shape index (κ1) is 15.8. The fraction of sp³-hybridized carbons (Fsp3) is 0.625. The van der Waals surface area contributed by atoms with Gasteiger partial charge in [-0.2, -0.15) is 0 Å². The predicted molar refractivity (Wildman–Crippen MR) is 78.1 cm³/mol. The lowest BCUT2D eigenvalue weighted by Crippen LogP contribution is -2.20. The van der Waals surface area contributed by atoms with Crippen molar-refractivity contribution in [3.8, 4) is 11.5 Å². The highest BCUT2D eigenvalue weighted by atomic mass is 16.5. The van der Waals surface area contributed by atoms with Crippen molar-refractivity contribution in [1.82, 2.24) is 0 Å². The predicted octanol–water partition coefficient (Wildman–Crippen LogP) is 3.70. The second-order valence-corrected chi connectivity index (χ2v) is 5.53. The molecular formula is C16H26O3. The maximum atomic E-state index is 5.89. The van der Waals surface area contributed by atoms with Crippen LogP contribution in [-0.2, 0) is 11.2 Å². The van der Waals surface area contributed by atoms with E-state index in [1.54, 1.807) is 14.2 Å². The van der Waals surface area contributed by atoms with Gasteiger partial charge in [0.05, 0.1) is 20.3 Å². The Morgan fingerprint density at radius 1 is 1.11 bits per heavy atom. The Hall–Kier alpha value is -1.22. The summed E-state index contributed by atoms with van der Waals surface area (Å²) in [5.41, 5.74) is 1.38. The van der Waals surface area contributed by atoms with Crippen LogP contribution in [0.1, 0.15) is 32.8 Å². The van der Waals surface area contributed by atoms with E-state index in [0.29, 0.717) is 13.2 Å². The first-order chi connectivity index (χ1) is 9.02. The van der Waals surface area contributed by atoms with Gasteiger partial charge in [0.2, 0.25) is 0 Å². The molecule has 0 saturated carbocycles. The molecule has 1 aromatic carbocycles. The zero-order chi connectivity index (χ0) is 14.3. The summed E-state index contributed by atoms with van der Waals surface area (Å²) in [4.78, 5) is 0. The molecule has 0 bridgehead atoms. The van der Waals surface area contributed by atoms with Gasteiger partial charge in [0.15, 0.2) is 11.5 Å². The summed E-state index contributed by atoms with van der Waals surface area (Å²) in [6.07, 6.45) is 1.97. The molecule has 3 heteroatoms. The molecule has 0 N–H and O–H groups in total. The van der Waals surface area contributed by atoms with Crippen molar-refractivity contribution in [2.45, 2.75) is 33.6 Å². The quantitative estimate of drug-likeness (QED) is 0.718. The minimum atomic E-state index is 0.180. The average molecular weight is 266 g/mol. The fourth-order valence-corrected chi connectivity index (χ4v) is 1.58. The Balaban J connectivity index is 2.73. The molecule has 0 aliphatic rings. The maximum Gasteiger partial charge on any atom is 0.161 e. The van der Waals surface area contributed by atoms with Crippen LogP contribution >= 0.6 is 0 Å². The van der Waals surface area contributed by atoms with E-state index in [1.807, 2.05) is 12.1 Å². The van der Waals surface area contributed by atoms with Gasteiger partial charge in [0.1, 0.15) is 0 Å². The Bertz CT molecular complexity index is 386. The highest BCUT2D eigenvalue weighted by molar-refractivity contribution is 5.43. The van der Waals surface area contributed by atoms with Crippen molar-refractivity contribution in [2.24, 2.45) is 5.41 Å². The van der Waals surface area contributed by atoms with Crippen LogP contribution in [0.2, 0.25) is 0 Å². The Labute approximate surface area is 116 Å². The molecule has 1 rings (SSSR count). The summed E-state index contributed by atoms with van der Waals surface area (Å²) >= 11 is 0.